The van der Waals surface area contributed by atoms with Crippen molar-refractivity contribution in [1.82, 2.24) is 14.0 Å². The van der Waals surface area contributed by atoms with Crippen LogP contribution in [0.4, 0.5) is 0 Å². The summed E-state index contributed by atoms with van der Waals surface area (Å²) in [6, 6.07) is 26.3. The number of Topliss-reactive ketones (excluding diaryl/α,β-unsaturated/α-hetero) is 1. The predicted molar refractivity (Wildman–Crippen MR) is 113 cm³/mol. The van der Waals surface area contributed by atoms with E-state index in [9.17, 15) is 9.59 Å². The fraction of sp³-hybridized carbons (Fsp3) is 0.0417. The Bertz CT molecular complexity index is 1400. The van der Waals surface area contributed by atoms with Crippen molar-refractivity contribution in [3.63, 3.8) is 0 Å². The first kappa shape index (κ1) is 17.1. The van der Waals surface area contributed by atoms with E-state index >= 15 is 0 Å². The molecule has 0 aliphatic heterocycles. The molecule has 5 nitrogen and oxygen atoms in total. The second-order valence-electron chi connectivity index (χ2n) is 6.86. The average Bonchev–Trinajstić information content (AvgIpc) is 3.24. The molecule has 0 saturated heterocycles. The molecule has 0 atom stereocenters. The van der Waals surface area contributed by atoms with Crippen LogP contribution in [0.3, 0.4) is 0 Å². The Morgan fingerprint density at radius 2 is 1.48 bits per heavy atom. The van der Waals surface area contributed by atoms with Gasteiger partial charge in [-0.1, -0.05) is 72.8 Å². The Kier molecular flexibility index (Phi) is 4.06. The average molecular weight is 379 g/mol. The van der Waals surface area contributed by atoms with Crippen LogP contribution in [0.2, 0.25) is 0 Å². The van der Waals surface area contributed by atoms with E-state index in [0.717, 1.165) is 16.6 Å². The maximum Gasteiger partial charge on any atom is 0.334 e. The number of hydrogen-bond donors (Lipinski definition) is 0. The number of hydrogen-bond acceptors (Lipinski definition) is 3. The zero-order valence-corrected chi connectivity index (χ0v) is 15.5. The molecule has 0 amide bonds. The lowest BCUT2D eigenvalue weighted by Gasteiger charge is -2.11. The third-order valence-corrected chi connectivity index (χ3v) is 5.05. The Labute approximate surface area is 166 Å². The highest BCUT2D eigenvalue weighted by atomic mass is 16.2. The number of carbonyl (C=O) groups excluding carboxylic acids is 1. The summed E-state index contributed by atoms with van der Waals surface area (Å²) >= 11 is 0. The smallest absolute Gasteiger partial charge is 0.292 e. The van der Waals surface area contributed by atoms with Gasteiger partial charge in [0.25, 0.3) is 0 Å². The topological polar surface area (TPSA) is 56.4 Å². The van der Waals surface area contributed by atoms with Gasteiger partial charge < -0.3 is 0 Å². The number of aromatic nitrogens is 3. The summed E-state index contributed by atoms with van der Waals surface area (Å²) in [5.41, 5.74) is 3.25. The number of nitrogens with zero attached hydrogens (tertiary/aromatic N) is 3. The molecule has 0 bridgehead atoms. The number of carbonyl (C=O) groups is 1. The zero-order valence-electron chi connectivity index (χ0n) is 15.5. The van der Waals surface area contributed by atoms with Crippen LogP contribution in [0.25, 0.3) is 27.8 Å². The third kappa shape index (κ3) is 2.93. The molecule has 0 aliphatic rings. The molecule has 0 N–H and O–H groups in total. The van der Waals surface area contributed by atoms with Crippen LogP contribution in [0.5, 0.6) is 0 Å². The number of benzene rings is 3. The van der Waals surface area contributed by atoms with Crippen LogP contribution in [-0.2, 0) is 6.54 Å². The van der Waals surface area contributed by atoms with Crippen molar-refractivity contribution in [3.8, 4) is 11.3 Å². The van der Waals surface area contributed by atoms with Crippen LogP contribution < -0.4 is 5.69 Å². The van der Waals surface area contributed by atoms with Crippen LogP contribution in [0.15, 0.2) is 95.9 Å². The van der Waals surface area contributed by atoms with Crippen molar-refractivity contribution in [2.75, 3.05) is 0 Å². The molecule has 5 aromatic rings. The monoisotopic (exact) mass is 379 g/mol. The molecule has 0 spiro atoms. The Balaban J connectivity index is 1.72. The Morgan fingerprint density at radius 1 is 0.828 bits per heavy atom. The van der Waals surface area contributed by atoms with E-state index in [1.807, 2.05) is 72.8 Å². The summed E-state index contributed by atoms with van der Waals surface area (Å²) in [5, 5.41) is 0.829. The van der Waals surface area contributed by atoms with Crippen LogP contribution in [0, 0.1) is 0 Å². The zero-order chi connectivity index (χ0) is 19.8. The summed E-state index contributed by atoms with van der Waals surface area (Å²) in [7, 11) is 0. The molecule has 0 aliphatic carbocycles. The maximum atomic E-state index is 13.3. The van der Waals surface area contributed by atoms with Gasteiger partial charge >= 0.3 is 5.69 Å². The summed E-state index contributed by atoms with van der Waals surface area (Å²) in [6.45, 7) is -0.0296. The molecule has 140 valence electrons. The minimum absolute atomic E-state index is 0.0296. The molecule has 2 heterocycles. The Morgan fingerprint density at radius 3 is 2.24 bits per heavy atom. The van der Waals surface area contributed by atoms with Crippen molar-refractivity contribution < 1.29 is 4.79 Å². The lowest BCUT2D eigenvalue weighted by atomic mass is 10.1. The van der Waals surface area contributed by atoms with Gasteiger partial charge in [0.05, 0.1) is 17.8 Å². The highest BCUT2D eigenvalue weighted by Crippen LogP contribution is 2.23. The summed E-state index contributed by atoms with van der Waals surface area (Å²) < 4.78 is 3.05. The Hall–Kier alpha value is -3.99. The highest BCUT2D eigenvalue weighted by Gasteiger charge is 2.16. The molecule has 5 rings (SSSR count). The predicted octanol–water partition coefficient (Wildman–Crippen LogP) is 4.20. The number of para-hydroxylation sites is 1. The molecule has 3 aromatic carbocycles. The first-order valence-electron chi connectivity index (χ1n) is 9.37. The summed E-state index contributed by atoms with van der Waals surface area (Å²) in [5.74, 6) is -0.111. The number of imidazole rings is 1. The van der Waals surface area contributed by atoms with Gasteiger partial charge in [0.2, 0.25) is 0 Å². The van der Waals surface area contributed by atoms with Crippen molar-refractivity contribution in [1.29, 1.82) is 0 Å². The van der Waals surface area contributed by atoms with Gasteiger partial charge in [0.15, 0.2) is 11.4 Å². The van der Waals surface area contributed by atoms with Crippen molar-refractivity contribution in [3.05, 3.63) is 107 Å². The lowest BCUT2D eigenvalue weighted by Crippen LogP contribution is -2.29. The van der Waals surface area contributed by atoms with E-state index in [1.54, 1.807) is 18.3 Å². The fourth-order valence-electron chi connectivity index (χ4n) is 3.61. The van der Waals surface area contributed by atoms with Crippen LogP contribution >= 0.6 is 0 Å². The van der Waals surface area contributed by atoms with Crippen LogP contribution in [-0.4, -0.2) is 19.7 Å². The van der Waals surface area contributed by atoms with Gasteiger partial charge in [-0.05, 0) is 12.1 Å². The number of ketones is 1. The minimum Gasteiger partial charge on any atom is -0.292 e. The third-order valence-electron chi connectivity index (χ3n) is 5.05. The van der Waals surface area contributed by atoms with Gasteiger partial charge in [-0.15, -0.1) is 0 Å². The summed E-state index contributed by atoms with van der Waals surface area (Å²) in [4.78, 5) is 30.8. The molecular weight excluding hydrogens is 362 g/mol. The van der Waals surface area contributed by atoms with E-state index in [0.29, 0.717) is 16.7 Å². The molecule has 0 unspecified atom stereocenters. The molecule has 0 radical (unpaired) electrons. The highest BCUT2D eigenvalue weighted by molar-refractivity contribution is 5.98. The molecule has 0 fully saturated rings. The largest absolute Gasteiger partial charge is 0.334 e. The van der Waals surface area contributed by atoms with Gasteiger partial charge in [0.1, 0.15) is 0 Å². The summed E-state index contributed by atoms with van der Waals surface area (Å²) in [6.07, 6.45) is 1.74. The number of rotatable bonds is 4. The molecular formula is C24H17N3O2. The van der Waals surface area contributed by atoms with E-state index in [2.05, 4.69) is 0 Å². The van der Waals surface area contributed by atoms with Gasteiger partial charge in [-0.2, -0.15) is 0 Å². The fourth-order valence-corrected chi connectivity index (χ4v) is 3.61. The quantitative estimate of drug-likeness (QED) is 0.440. The van der Waals surface area contributed by atoms with Crippen molar-refractivity contribution in [2.45, 2.75) is 6.54 Å². The maximum absolute atomic E-state index is 13.3. The second kappa shape index (κ2) is 6.87. The SMILES string of the molecule is O=C(Cn1c(=O)n2cc(-c3ccccc3)nc2c2ccccc21)c1ccccc1. The van der Waals surface area contributed by atoms with E-state index in [1.165, 1.54) is 8.97 Å². The van der Waals surface area contributed by atoms with E-state index in [4.69, 9.17) is 4.98 Å². The second-order valence-corrected chi connectivity index (χ2v) is 6.86. The number of fused-ring (bicyclic) bond motifs is 3. The normalized spacial score (nSPS) is 11.2. The molecule has 29 heavy (non-hydrogen) atoms. The van der Waals surface area contributed by atoms with E-state index in [-0.39, 0.29) is 18.0 Å². The van der Waals surface area contributed by atoms with Gasteiger partial charge in [-0.25, -0.2) is 9.78 Å². The molecule has 5 heteroatoms. The standard InChI is InChI=1S/C24H17N3O2/c28-22(18-11-5-2-6-12-18)16-26-21-14-8-7-13-19(21)23-25-20(15-27(23)24(26)29)17-9-3-1-4-10-17/h1-15H,16H2. The van der Waals surface area contributed by atoms with E-state index < -0.39 is 0 Å². The molecule has 2 aromatic heterocycles. The lowest BCUT2D eigenvalue weighted by molar-refractivity contribution is 0.0972. The van der Waals surface area contributed by atoms with Crippen LogP contribution in [0.1, 0.15) is 10.4 Å². The first-order valence-corrected chi connectivity index (χ1v) is 9.37. The minimum atomic E-state index is -0.280. The van der Waals surface area contributed by atoms with Crippen molar-refractivity contribution in [2.24, 2.45) is 0 Å². The van der Waals surface area contributed by atoms with Crippen molar-refractivity contribution >= 4 is 22.3 Å². The van der Waals surface area contributed by atoms with Gasteiger partial charge in [-0.3, -0.25) is 13.8 Å². The van der Waals surface area contributed by atoms with Gasteiger partial charge in [0, 0.05) is 22.7 Å². The first-order chi connectivity index (χ1) is 14.2. The molecule has 0 saturated carbocycles.